The minimum atomic E-state index is 0.0177. The molecule has 3 atom stereocenters. The predicted octanol–water partition coefficient (Wildman–Crippen LogP) is 3.38. The van der Waals surface area contributed by atoms with E-state index in [1.807, 2.05) is 0 Å². The average molecular weight is 268 g/mol. The van der Waals surface area contributed by atoms with Gasteiger partial charge < -0.3 is 4.74 Å². The molecule has 19 heavy (non-hydrogen) atoms. The van der Waals surface area contributed by atoms with E-state index in [4.69, 9.17) is 10.6 Å². The summed E-state index contributed by atoms with van der Waals surface area (Å²) in [5.41, 5.74) is 3.18. The summed E-state index contributed by atoms with van der Waals surface area (Å²) < 4.78 is 6.22. The van der Waals surface area contributed by atoms with Crippen LogP contribution in [-0.2, 0) is 4.74 Å². The predicted molar refractivity (Wildman–Crippen MR) is 79.7 cm³/mol. The molecule has 0 aromatic carbocycles. The third-order valence-corrected chi connectivity index (χ3v) is 5.50. The Balaban J connectivity index is 2.08. The summed E-state index contributed by atoms with van der Waals surface area (Å²) in [4.78, 5) is 0. The summed E-state index contributed by atoms with van der Waals surface area (Å²) in [6, 6.07) is 0.351. The molecule has 2 aliphatic carbocycles. The molecular weight excluding hydrogens is 236 g/mol. The standard InChI is InChI=1S/C16H32N2O/c1-3-13-8-7-9-14(12-13)15(18-17)16(19-4-2)10-5-6-11-16/h13-15,18H,3-12,17H2,1-2H3. The van der Waals surface area contributed by atoms with E-state index in [2.05, 4.69) is 19.3 Å². The Hall–Kier alpha value is -0.120. The molecule has 3 nitrogen and oxygen atoms in total. The maximum Gasteiger partial charge on any atom is 0.0850 e. The molecule has 2 aliphatic rings. The lowest BCUT2D eigenvalue weighted by molar-refractivity contribution is -0.0812. The van der Waals surface area contributed by atoms with Crippen molar-refractivity contribution < 1.29 is 4.74 Å². The number of rotatable bonds is 6. The molecule has 0 radical (unpaired) electrons. The number of hydrogen-bond acceptors (Lipinski definition) is 3. The highest BCUT2D eigenvalue weighted by Gasteiger charge is 2.46. The van der Waals surface area contributed by atoms with Crippen molar-refractivity contribution in [2.45, 2.75) is 83.3 Å². The number of nitrogens with one attached hydrogen (secondary N) is 1. The van der Waals surface area contributed by atoms with Crippen molar-refractivity contribution in [1.29, 1.82) is 0 Å². The molecule has 0 bridgehead atoms. The van der Waals surface area contributed by atoms with Gasteiger partial charge >= 0.3 is 0 Å². The third kappa shape index (κ3) is 3.32. The van der Waals surface area contributed by atoms with Gasteiger partial charge in [0.2, 0.25) is 0 Å². The van der Waals surface area contributed by atoms with Gasteiger partial charge in [-0.15, -0.1) is 0 Å². The fourth-order valence-corrected chi connectivity index (χ4v) is 4.53. The largest absolute Gasteiger partial charge is 0.374 e. The second-order valence-electron chi connectivity index (χ2n) is 6.55. The molecular formula is C16H32N2O. The number of hydrazine groups is 1. The Labute approximate surface area is 118 Å². The fraction of sp³-hybridized carbons (Fsp3) is 1.00. The van der Waals surface area contributed by atoms with Gasteiger partial charge in [0.1, 0.15) is 0 Å². The molecule has 0 saturated heterocycles. The van der Waals surface area contributed by atoms with Gasteiger partial charge in [-0.25, -0.2) is 0 Å². The molecule has 0 heterocycles. The van der Waals surface area contributed by atoms with E-state index in [1.165, 1.54) is 57.8 Å². The minimum Gasteiger partial charge on any atom is -0.374 e. The van der Waals surface area contributed by atoms with Crippen LogP contribution < -0.4 is 11.3 Å². The number of nitrogens with two attached hydrogens (primary N) is 1. The van der Waals surface area contributed by atoms with Crippen molar-refractivity contribution in [1.82, 2.24) is 5.43 Å². The van der Waals surface area contributed by atoms with E-state index in [0.717, 1.165) is 12.5 Å². The summed E-state index contributed by atoms with van der Waals surface area (Å²) in [5.74, 6) is 7.56. The van der Waals surface area contributed by atoms with E-state index in [9.17, 15) is 0 Å². The highest BCUT2D eigenvalue weighted by molar-refractivity contribution is 5.00. The lowest BCUT2D eigenvalue weighted by Crippen LogP contribution is -2.58. The summed E-state index contributed by atoms with van der Waals surface area (Å²) in [7, 11) is 0. The van der Waals surface area contributed by atoms with Crippen LogP contribution in [0.5, 0.6) is 0 Å². The van der Waals surface area contributed by atoms with Crippen LogP contribution in [-0.4, -0.2) is 18.2 Å². The van der Waals surface area contributed by atoms with Crippen LogP contribution in [0.1, 0.15) is 71.6 Å². The van der Waals surface area contributed by atoms with Crippen molar-refractivity contribution in [2.75, 3.05) is 6.61 Å². The lowest BCUT2D eigenvalue weighted by atomic mass is 9.72. The zero-order valence-electron chi connectivity index (χ0n) is 12.8. The van der Waals surface area contributed by atoms with E-state index in [-0.39, 0.29) is 5.60 Å². The molecule has 2 rings (SSSR count). The second-order valence-corrected chi connectivity index (χ2v) is 6.55. The van der Waals surface area contributed by atoms with Crippen molar-refractivity contribution in [2.24, 2.45) is 17.7 Å². The lowest BCUT2D eigenvalue weighted by Gasteiger charge is -2.44. The Morgan fingerprint density at radius 3 is 2.53 bits per heavy atom. The van der Waals surface area contributed by atoms with Gasteiger partial charge in [0, 0.05) is 6.61 Å². The smallest absolute Gasteiger partial charge is 0.0850 e. The van der Waals surface area contributed by atoms with Gasteiger partial charge in [-0.1, -0.05) is 39.0 Å². The van der Waals surface area contributed by atoms with Crippen molar-refractivity contribution in [3.63, 3.8) is 0 Å². The van der Waals surface area contributed by atoms with Gasteiger partial charge in [0.05, 0.1) is 11.6 Å². The molecule has 3 N–H and O–H groups in total. The third-order valence-electron chi connectivity index (χ3n) is 5.50. The summed E-state index contributed by atoms with van der Waals surface area (Å²) in [5, 5.41) is 0. The number of hydrogen-bond donors (Lipinski definition) is 2. The van der Waals surface area contributed by atoms with Crippen molar-refractivity contribution in [3.05, 3.63) is 0 Å². The summed E-state index contributed by atoms with van der Waals surface area (Å²) >= 11 is 0. The first-order valence-corrected chi connectivity index (χ1v) is 8.35. The van der Waals surface area contributed by atoms with Gasteiger partial charge in [-0.2, -0.15) is 0 Å². The zero-order valence-corrected chi connectivity index (χ0v) is 12.8. The van der Waals surface area contributed by atoms with Crippen molar-refractivity contribution in [3.8, 4) is 0 Å². The summed E-state index contributed by atoms with van der Waals surface area (Å²) in [6.07, 6.45) is 11.7. The van der Waals surface area contributed by atoms with Crippen LogP contribution >= 0.6 is 0 Å². The molecule has 0 aliphatic heterocycles. The Kier molecular flexibility index (Phi) is 5.67. The Bertz CT molecular complexity index is 263. The van der Waals surface area contributed by atoms with E-state index in [0.29, 0.717) is 12.0 Å². The van der Waals surface area contributed by atoms with Crippen LogP contribution in [0.15, 0.2) is 0 Å². The van der Waals surface area contributed by atoms with Crippen LogP contribution in [0.2, 0.25) is 0 Å². The van der Waals surface area contributed by atoms with E-state index in [1.54, 1.807) is 0 Å². The van der Waals surface area contributed by atoms with Gasteiger partial charge in [0.15, 0.2) is 0 Å². The van der Waals surface area contributed by atoms with E-state index >= 15 is 0 Å². The van der Waals surface area contributed by atoms with Gasteiger partial charge in [-0.3, -0.25) is 11.3 Å². The SMILES string of the molecule is CCOC1(C(NN)C2CCCC(CC)C2)CCCC1. The first-order valence-electron chi connectivity index (χ1n) is 8.35. The average Bonchev–Trinajstić information content (AvgIpc) is 2.90. The molecule has 0 aromatic heterocycles. The quantitative estimate of drug-likeness (QED) is 0.573. The topological polar surface area (TPSA) is 47.3 Å². The van der Waals surface area contributed by atoms with Gasteiger partial charge in [0.25, 0.3) is 0 Å². The molecule has 3 unspecified atom stereocenters. The van der Waals surface area contributed by atoms with E-state index < -0.39 is 0 Å². The first-order chi connectivity index (χ1) is 9.25. The molecule has 0 amide bonds. The normalized spacial score (nSPS) is 32.4. The number of ether oxygens (including phenoxy) is 1. The molecule has 2 fully saturated rings. The van der Waals surface area contributed by atoms with Crippen molar-refractivity contribution >= 4 is 0 Å². The first kappa shape index (κ1) is 15.3. The second kappa shape index (κ2) is 7.05. The molecule has 2 saturated carbocycles. The van der Waals surface area contributed by atoms with Crippen LogP contribution in [0.3, 0.4) is 0 Å². The Morgan fingerprint density at radius 2 is 1.95 bits per heavy atom. The fourth-order valence-electron chi connectivity index (χ4n) is 4.53. The zero-order chi connectivity index (χ0) is 13.7. The Morgan fingerprint density at radius 1 is 1.21 bits per heavy atom. The minimum absolute atomic E-state index is 0.0177. The maximum absolute atomic E-state index is 6.22. The molecule has 0 spiro atoms. The highest BCUT2D eigenvalue weighted by Crippen LogP contribution is 2.43. The summed E-state index contributed by atoms with van der Waals surface area (Å²) in [6.45, 7) is 5.25. The molecule has 0 aromatic rings. The van der Waals surface area contributed by atoms with Gasteiger partial charge in [-0.05, 0) is 44.4 Å². The highest BCUT2D eigenvalue weighted by atomic mass is 16.5. The van der Waals surface area contributed by atoms with Crippen LogP contribution in [0.4, 0.5) is 0 Å². The molecule has 112 valence electrons. The van der Waals surface area contributed by atoms with Crippen LogP contribution in [0, 0.1) is 11.8 Å². The van der Waals surface area contributed by atoms with Crippen LogP contribution in [0.25, 0.3) is 0 Å². The maximum atomic E-state index is 6.22. The molecule has 3 heteroatoms. The monoisotopic (exact) mass is 268 g/mol.